The molecule has 0 aliphatic carbocycles. The Hall–Kier alpha value is -6.98. The van der Waals surface area contributed by atoms with E-state index in [-0.39, 0.29) is 6.71 Å². The fourth-order valence-corrected chi connectivity index (χ4v) is 9.08. The van der Waals surface area contributed by atoms with E-state index in [1.54, 1.807) is 0 Å². The number of rotatable bonds is 3. The predicted octanol–water partition coefficient (Wildman–Crippen LogP) is 11.2. The molecule has 2 aliphatic rings. The number of benzene rings is 8. The highest BCUT2D eigenvalue weighted by atomic mass is 16.3. The van der Waals surface area contributed by atoms with Gasteiger partial charge in [0.2, 0.25) is 0 Å². The van der Waals surface area contributed by atoms with E-state index in [0.29, 0.717) is 0 Å². The molecule has 4 heterocycles. The van der Waals surface area contributed by atoms with E-state index in [1.165, 1.54) is 39.1 Å². The van der Waals surface area contributed by atoms with Crippen molar-refractivity contribution >= 4 is 101 Å². The van der Waals surface area contributed by atoms with Crippen molar-refractivity contribution in [2.45, 2.75) is 0 Å². The summed E-state index contributed by atoms with van der Waals surface area (Å²) >= 11 is 0. The molecule has 0 atom stereocenters. The molecule has 0 bridgehead atoms. The summed E-state index contributed by atoms with van der Waals surface area (Å²) < 4.78 is 12.8. The Labute approximate surface area is 305 Å². The monoisotopic (exact) mass is 676 g/mol. The van der Waals surface area contributed by atoms with Crippen molar-refractivity contribution in [1.82, 2.24) is 0 Å². The summed E-state index contributed by atoms with van der Waals surface area (Å²) in [6.07, 6.45) is 0. The molecule has 2 aliphatic heterocycles. The van der Waals surface area contributed by atoms with Crippen molar-refractivity contribution < 1.29 is 8.83 Å². The lowest BCUT2D eigenvalue weighted by atomic mass is 9.33. The van der Waals surface area contributed by atoms with Gasteiger partial charge in [0.25, 0.3) is 6.71 Å². The van der Waals surface area contributed by atoms with Gasteiger partial charge < -0.3 is 18.6 Å². The molecule has 4 nitrogen and oxygen atoms in total. The van der Waals surface area contributed by atoms with Crippen LogP contribution in [0.5, 0.6) is 0 Å². The molecule has 2 aromatic heterocycles. The molecular formula is C48H29BN2O2. The lowest BCUT2D eigenvalue weighted by molar-refractivity contribution is 0.669. The molecule has 0 radical (unpaired) electrons. The van der Waals surface area contributed by atoms with Gasteiger partial charge in [-0.05, 0) is 82.6 Å². The van der Waals surface area contributed by atoms with E-state index >= 15 is 0 Å². The Morgan fingerprint density at radius 2 is 0.925 bits per heavy atom. The average molecular weight is 677 g/mol. The van der Waals surface area contributed by atoms with Crippen LogP contribution in [-0.2, 0) is 0 Å². The molecule has 0 amide bonds. The zero-order valence-corrected chi connectivity index (χ0v) is 28.5. The largest absolute Gasteiger partial charge is 0.456 e. The molecule has 5 heteroatoms. The lowest BCUT2D eigenvalue weighted by Gasteiger charge is -2.44. The highest BCUT2D eigenvalue weighted by molar-refractivity contribution is 7.00. The molecule has 0 spiro atoms. The number of furan rings is 2. The second kappa shape index (κ2) is 10.8. The van der Waals surface area contributed by atoms with Crippen LogP contribution in [0.4, 0.5) is 34.1 Å². The van der Waals surface area contributed by atoms with Gasteiger partial charge >= 0.3 is 0 Å². The number of fused-ring (bicyclic) bond motifs is 10. The number of hydrogen-bond acceptors (Lipinski definition) is 4. The summed E-state index contributed by atoms with van der Waals surface area (Å²) in [5.74, 6) is 0. The fourth-order valence-electron chi connectivity index (χ4n) is 9.08. The Morgan fingerprint density at radius 1 is 0.377 bits per heavy atom. The van der Waals surface area contributed by atoms with Crippen LogP contribution in [0.3, 0.4) is 0 Å². The highest BCUT2D eigenvalue weighted by Gasteiger charge is 2.43. The van der Waals surface area contributed by atoms with Gasteiger partial charge in [0.05, 0.1) is 11.1 Å². The number of para-hydroxylation sites is 5. The summed E-state index contributed by atoms with van der Waals surface area (Å²) in [5, 5.41) is 4.52. The van der Waals surface area contributed by atoms with Crippen molar-refractivity contribution in [3.63, 3.8) is 0 Å². The maximum atomic E-state index is 6.42. The second-order valence-electron chi connectivity index (χ2n) is 14.0. The molecule has 0 saturated heterocycles. The van der Waals surface area contributed by atoms with Gasteiger partial charge in [-0.2, -0.15) is 0 Å². The zero-order valence-electron chi connectivity index (χ0n) is 28.5. The summed E-state index contributed by atoms with van der Waals surface area (Å²) in [7, 11) is 0. The molecule has 0 N–H and O–H groups in total. The first-order valence-electron chi connectivity index (χ1n) is 18.1. The number of anilines is 6. The lowest BCUT2D eigenvalue weighted by Crippen LogP contribution is -2.61. The van der Waals surface area contributed by atoms with Crippen LogP contribution in [-0.4, -0.2) is 6.71 Å². The van der Waals surface area contributed by atoms with Crippen LogP contribution in [0.25, 0.3) is 55.0 Å². The van der Waals surface area contributed by atoms with Gasteiger partial charge in [0.15, 0.2) is 0 Å². The molecule has 8 aromatic carbocycles. The molecule has 53 heavy (non-hydrogen) atoms. The Balaban J connectivity index is 1.06. The predicted molar refractivity (Wildman–Crippen MR) is 220 cm³/mol. The van der Waals surface area contributed by atoms with Crippen LogP contribution in [0.15, 0.2) is 185 Å². The molecule has 0 fully saturated rings. The second-order valence-corrected chi connectivity index (χ2v) is 14.0. The van der Waals surface area contributed by atoms with Gasteiger partial charge in [-0.15, -0.1) is 0 Å². The smallest absolute Gasteiger partial charge is 0.252 e. The Kier molecular flexibility index (Phi) is 5.83. The first-order chi connectivity index (χ1) is 26.3. The number of hydrogen-bond donors (Lipinski definition) is 0. The van der Waals surface area contributed by atoms with Crippen LogP contribution in [0.2, 0.25) is 0 Å². The summed E-state index contributed by atoms with van der Waals surface area (Å²) in [6, 6.07) is 63.0. The van der Waals surface area contributed by atoms with Crippen molar-refractivity contribution in [3.05, 3.63) is 176 Å². The van der Waals surface area contributed by atoms with Crippen LogP contribution >= 0.6 is 0 Å². The quantitative estimate of drug-likeness (QED) is 0.174. The molecule has 10 aromatic rings. The molecule has 0 unspecified atom stereocenters. The van der Waals surface area contributed by atoms with Gasteiger partial charge in [-0.25, -0.2) is 0 Å². The van der Waals surface area contributed by atoms with Crippen molar-refractivity contribution in [1.29, 1.82) is 0 Å². The minimum absolute atomic E-state index is 0.0753. The molecular weight excluding hydrogens is 647 g/mol. The van der Waals surface area contributed by atoms with Crippen LogP contribution in [0, 0.1) is 0 Å². The molecule has 12 rings (SSSR count). The third-order valence-electron chi connectivity index (χ3n) is 11.3. The van der Waals surface area contributed by atoms with E-state index in [0.717, 1.165) is 66.4 Å². The topological polar surface area (TPSA) is 32.8 Å². The normalized spacial score (nSPS) is 13.2. The summed E-state index contributed by atoms with van der Waals surface area (Å²) in [4.78, 5) is 4.90. The van der Waals surface area contributed by atoms with Crippen molar-refractivity contribution in [2.24, 2.45) is 0 Å². The maximum Gasteiger partial charge on any atom is 0.252 e. The standard InChI is InChI=1S/C48H29BN2O2/c1-7-23-43-33(12-1)34-15-9-14-32(48(34)53-43)30-26-28-31(29-27-30)50-38-18-5-3-16-36(38)49-37-17-4-6-19-39(37)51(42-22-10-21-41(50)47(42)49)40-20-11-25-45-46(40)35-13-2-8-24-44(35)52-45/h1-29H. The SMILES string of the molecule is c1ccc2c(c1)B1c3ccccc3N(c3cccc4oc5ccccc5c34)c3cccc(c31)N2c1ccc(-c2cccc3c2oc2ccccc23)cc1. The van der Waals surface area contributed by atoms with Gasteiger partial charge in [-0.1, -0.05) is 115 Å². The minimum atomic E-state index is 0.0753. The molecule has 246 valence electrons. The van der Waals surface area contributed by atoms with Crippen LogP contribution in [0.1, 0.15) is 0 Å². The Morgan fingerprint density at radius 3 is 1.72 bits per heavy atom. The van der Waals surface area contributed by atoms with E-state index in [2.05, 4.69) is 168 Å². The van der Waals surface area contributed by atoms with Crippen molar-refractivity contribution in [2.75, 3.05) is 9.80 Å². The number of nitrogens with zero attached hydrogens (tertiary/aromatic N) is 2. The van der Waals surface area contributed by atoms with Crippen molar-refractivity contribution in [3.8, 4) is 11.1 Å². The zero-order chi connectivity index (χ0) is 34.6. The van der Waals surface area contributed by atoms with Gasteiger partial charge in [0.1, 0.15) is 22.3 Å². The first-order valence-corrected chi connectivity index (χ1v) is 18.1. The third-order valence-corrected chi connectivity index (χ3v) is 11.3. The highest BCUT2D eigenvalue weighted by Crippen LogP contribution is 2.47. The molecule has 0 saturated carbocycles. The first kappa shape index (κ1) is 28.7. The van der Waals surface area contributed by atoms with Gasteiger partial charge in [-0.3, -0.25) is 0 Å². The third kappa shape index (κ3) is 3.96. The fraction of sp³-hybridized carbons (Fsp3) is 0. The van der Waals surface area contributed by atoms with E-state index in [9.17, 15) is 0 Å². The average Bonchev–Trinajstić information content (AvgIpc) is 3.80. The van der Waals surface area contributed by atoms with E-state index in [4.69, 9.17) is 8.83 Å². The van der Waals surface area contributed by atoms with E-state index in [1.807, 2.05) is 18.2 Å². The van der Waals surface area contributed by atoms with E-state index < -0.39 is 0 Å². The minimum Gasteiger partial charge on any atom is -0.456 e. The van der Waals surface area contributed by atoms with Gasteiger partial charge in [0, 0.05) is 50.2 Å². The Bertz CT molecular complexity index is 3100. The van der Waals surface area contributed by atoms with Crippen LogP contribution < -0.4 is 26.2 Å². The summed E-state index contributed by atoms with van der Waals surface area (Å²) in [6.45, 7) is 0.0753. The maximum absolute atomic E-state index is 6.42. The summed E-state index contributed by atoms with van der Waals surface area (Å²) in [5.41, 5.74) is 16.7.